The summed E-state index contributed by atoms with van der Waals surface area (Å²) in [6, 6.07) is 24.2. The fourth-order valence-electron chi connectivity index (χ4n) is 5.12. The number of methoxy groups -OCH3 is 1. The molecule has 6 heteroatoms. The zero-order chi connectivity index (χ0) is 24.9. The van der Waals surface area contributed by atoms with Crippen LogP contribution in [0.2, 0.25) is 0 Å². The van der Waals surface area contributed by atoms with Crippen LogP contribution < -0.4 is 14.4 Å². The quantitative estimate of drug-likeness (QED) is 0.260. The third-order valence-corrected chi connectivity index (χ3v) is 6.94. The van der Waals surface area contributed by atoms with E-state index >= 15 is 0 Å². The van der Waals surface area contributed by atoms with Gasteiger partial charge >= 0.3 is 0 Å². The van der Waals surface area contributed by atoms with Crippen molar-refractivity contribution in [3.05, 3.63) is 84.2 Å². The number of hydrogen-bond acceptors (Lipinski definition) is 4. The minimum absolute atomic E-state index is 0.0691. The van der Waals surface area contributed by atoms with Crippen molar-refractivity contribution in [1.29, 1.82) is 0 Å². The lowest BCUT2D eigenvalue weighted by Gasteiger charge is -2.20. The largest absolute Gasteiger partial charge is 0.493 e. The van der Waals surface area contributed by atoms with E-state index < -0.39 is 0 Å². The van der Waals surface area contributed by atoms with Crippen LogP contribution >= 0.6 is 0 Å². The Hall–Kier alpha value is -3.80. The van der Waals surface area contributed by atoms with E-state index in [1.807, 2.05) is 47.4 Å². The first-order valence-electron chi connectivity index (χ1n) is 12.8. The van der Waals surface area contributed by atoms with Crippen LogP contribution in [-0.4, -0.2) is 35.7 Å². The van der Waals surface area contributed by atoms with Crippen LogP contribution in [0.3, 0.4) is 0 Å². The summed E-state index contributed by atoms with van der Waals surface area (Å²) in [5.74, 6) is 2.77. The van der Waals surface area contributed by atoms with E-state index in [9.17, 15) is 4.79 Å². The molecule has 2 heterocycles. The maximum atomic E-state index is 13.1. The summed E-state index contributed by atoms with van der Waals surface area (Å²) >= 11 is 0. The molecular weight excluding hydrogens is 450 g/mol. The highest BCUT2D eigenvalue weighted by Gasteiger charge is 2.35. The summed E-state index contributed by atoms with van der Waals surface area (Å²) in [7, 11) is 1.66. The molecule has 1 fully saturated rings. The highest BCUT2D eigenvalue weighted by atomic mass is 16.5. The Morgan fingerprint density at radius 1 is 0.944 bits per heavy atom. The topological polar surface area (TPSA) is 56.6 Å². The smallest absolute Gasteiger partial charge is 0.227 e. The van der Waals surface area contributed by atoms with Gasteiger partial charge in [-0.05, 0) is 55.2 Å². The summed E-state index contributed by atoms with van der Waals surface area (Å²) < 4.78 is 13.7. The lowest BCUT2D eigenvalue weighted by atomic mass is 10.1. The first-order valence-corrected chi connectivity index (χ1v) is 12.8. The Labute approximate surface area is 212 Å². The molecule has 186 valence electrons. The molecule has 0 saturated carbocycles. The minimum Gasteiger partial charge on any atom is -0.493 e. The van der Waals surface area contributed by atoms with Gasteiger partial charge in [0.25, 0.3) is 0 Å². The molecule has 0 spiro atoms. The number of carbonyl (C=O) groups is 1. The fraction of sp³-hybridized carbons (Fsp3) is 0.333. The van der Waals surface area contributed by atoms with E-state index in [0.29, 0.717) is 19.6 Å². The Kier molecular flexibility index (Phi) is 7.21. The molecule has 1 atom stereocenters. The molecule has 0 bridgehead atoms. The highest BCUT2D eigenvalue weighted by Crippen LogP contribution is 2.35. The molecule has 1 unspecified atom stereocenters. The summed E-state index contributed by atoms with van der Waals surface area (Å²) in [6.07, 6.45) is 3.24. The van der Waals surface area contributed by atoms with Crippen LogP contribution in [0.15, 0.2) is 72.8 Å². The number of fused-ring (bicyclic) bond motifs is 1. The van der Waals surface area contributed by atoms with E-state index in [1.54, 1.807) is 7.11 Å². The van der Waals surface area contributed by atoms with Crippen molar-refractivity contribution in [3.63, 3.8) is 0 Å². The van der Waals surface area contributed by atoms with Gasteiger partial charge in [-0.25, -0.2) is 4.98 Å². The van der Waals surface area contributed by atoms with Crippen molar-refractivity contribution in [3.8, 4) is 11.5 Å². The molecule has 6 nitrogen and oxygen atoms in total. The number of para-hydroxylation sites is 5. The number of amides is 1. The van der Waals surface area contributed by atoms with Crippen LogP contribution in [0.4, 0.5) is 5.69 Å². The van der Waals surface area contributed by atoms with Crippen molar-refractivity contribution >= 4 is 22.6 Å². The minimum atomic E-state index is 0.0691. The molecular formula is C30H33N3O3. The lowest BCUT2D eigenvalue weighted by Crippen LogP contribution is -2.25. The SMILES string of the molecule is CCc1ccccc1N1CC(c2nc3ccccc3n2CCCCOc2ccccc2OC)CC1=O. The number of anilines is 1. The highest BCUT2D eigenvalue weighted by molar-refractivity contribution is 5.97. The molecule has 1 aliphatic rings. The van der Waals surface area contributed by atoms with Crippen LogP contribution in [-0.2, 0) is 17.8 Å². The Morgan fingerprint density at radius 3 is 2.53 bits per heavy atom. The Morgan fingerprint density at radius 2 is 1.69 bits per heavy atom. The monoisotopic (exact) mass is 483 g/mol. The third kappa shape index (κ3) is 4.81. The Balaban J connectivity index is 1.30. The van der Waals surface area contributed by atoms with Crippen molar-refractivity contribution in [1.82, 2.24) is 9.55 Å². The molecule has 0 N–H and O–H groups in total. The van der Waals surface area contributed by atoms with Gasteiger partial charge in [-0.3, -0.25) is 4.79 Å². The van der Waals surface area contributed by atoms with Gasteiger partial charge in [0.2, 0.25) is 5.91 Å². The fourth-order valence-corrected chi connectivity index (χ4v) is 5.12. The molecule has 1 aromatic heterocycles. The first kappa shape index (κ1) is 23.9. The predicted octanol–water partition coefficient (Wildman–Crippen LogP) is 5.99. The van der Waals surface area contributed by atoms with Gasteiger partial charge in [-0.1, -0.05) is 49.4 Å². The number of aromatic nitrogens is 2. The van der Waals surface area contributed by atoms with Crippen LogP contribution in [0.5, 0.6) is 11.5 Å². The van der Waals surface area contributed by atoms with Gasteiger partial charge in [0.15, 0.2) is 11.5 Å². The number of unbranched alkanes of at least 4 members (excludes halogenated alkanes) is 1. The second-order valence-electron chi connectivity index (χ2n) is 9.20. The van der Waals surface area contributed by atoms with Crippen molar-refractivity contribution in [2.75, 3.05) is 25.2 Å². The van der Waals surface area contributed by atoms with Gasteiger partial charge in [0, 0.05) is 31.1 Å². The average Bonchev–Trinajstić information content (AvgIpc) is 3.49. The maximum Gasteiger partial charge on any atom is 0.227 e. The van der Waals surface area contributed by atoms with Crippen molar-refractivity contribution in [2.24, 2.45) is 0 Å². The van der Waals surface area contributed by atoms with Crippen molar-refractivity contribution < 1.29 is 14.3 Å². The van der Waals surface area contributed by atoms with Crippen LogP contribution in [0.1, 0.15) is 43.5 Å². The zero-order valence-electron chi connectivity index (χ0n) is 21.0. The van der Waals surface area contributed by atoms with Crippen LogP contribution in [0, 0.1) is 0 Å². The number of rotatable bonds is 10. The number of carbonyl (C=O) groups excluding carboxylic acids is 1. The van der Waals surface area contributed by atoms with E-state index in [1.165, 1.54) is 5.56 Å². The molecule has 1 amide bonds. The van der Waals surface area contributed by atoms with Gasteiger partial charge in [0.1, 0.15) is 5.82 Å². The summed E-state index contributed by atoms with van der Waals surface area (Å²) in [4.78, 5) is 20.1. The zero-order valence-corrected chi connectivity index (χ0v) is 21.0. The Bertz CT molecular complexity index is 1350. The first-order chi connectivity index (χ1) is 17.7. The number of hydrogen-bond donors (Lipinski definition) is 0. The van der Waals surface area contributed by atoms with E-state index in [2.05, 4.69) is 41.8 Å². The van der Waals surface area contributed by atoms with E-state index in [0.717, 1.165) is 59.9 Å². The number of nitrogens with zero attached hydrogens (tertiary/aromatic N) is 3. The predicted molar refractivity (Wildman–Crippen MR) is 143 cm³/mol. The molecule has 0 aliphatic carbocycles. The lowest BCUT2D eigenvalue weighted by molar-refractivity contribution is -0.117. The number of aryl methyl sites for hydroxylation is 2. The van der Waals surface area contributed by atoms with Gasteiger partial charge < -0.3 is 18.9 Å². The molecule has 36 heavy (non-hydrogen) atoms. The van der Waals surface area contributed by atoms with Gasteiger partial charge in [-0.2, -0.15) is 0 Å². The molecule has 1 saturated heterocycles. The third-order valence-electron chi connectivity index (χ3n) is 6.94. The van der Waals surface area contributed by atoms with Crippen LogP contribution in [0.25, 0.3) is 11.0 Å². The second-order valence-corrected chi connectivity index (χ2v) is 9.20. The summed E-state index contributed by atoms with van der Waals surface area (Å²) in [5.41, 5.74) is 4.34. The molecule has 1 aliphatic heterocycles. The second kappa shape index (κ2) is 10.9. The molecule has 3 aromatic carbocycles. The maximum absolute atomic E-state index is 13.1. The molecule has 5 rings (SSSR count). The molecule has 4 aromatic rings. The van der Waals surface area contributed by atoms with Crippen molar-refractivity contribution in [2.45, 2.75) is 45.1 Å². The number of ether oxygens (including phenoxy) is 2. The van der Waals surface area contributed by atoms with E-state index in [-0.39, 0.29) is 11.8 Å². The summed E-state index contributed by atoms with van der Waals surface area (Å²) in [5, 5.41) is 0. The standard InChI is InChI=1S/C30H33N3O3/c1-3-22-12-4-6-14-25(22)33-21-23(20-29(33)34)30-31-24-13-5-7-15-26(24)32(30)18-10-11-19-36-28-17-9-8-16-27(28)35-2/h4-9,12-17,23H,3,10-11,18-21H2,1-2H3. The number of imidazole rings is 1. The average molecular weight is 484 g/mol. The number of benzene rings is 3. The van der Waals surface area contributed by atoms with Gasteiger partial charge in [-0.15, -0.1) is 0 Å². The molecule has 0 radical (unpaired) electrons. The normalized spacial score (nSPS) is 15.6. The van der Waals surface area contributed by atoms with Gasteiger partial charge in [0.05, 0.1) is 24.8 Å². The summed E-state index contributed by atoms with van der Waals surface area (Å²) in [6.45, 7) is 4.25. The van der Waals surface area contributed by atoms with E-state index in [4.69, 9.17) is 14.5 Å².